The third kappa shape index (κ3) is 4.16. The van der Waals surface area contributed by atoms with Gasteiger partial charge in [-0.15, -0.1) is 0 Å². The molecule has 25 heavy (non-hydrogen) atoms. The van der Waals surface area contributed by atoms with Crippen molar-refractivity contribution in [2.75, 3.05) is 13.2 Å². The first-order valence-corrected chi connectivity index (χ1v) is 9.70. The molecule has 0 unspecified atom stereocenters. The van der Waals surface area contributed by atoms with Crippen molar-refractivity contribution in [3.05, 3.63) is 62.2 Å². The van der Waals surface area contributed by atoms with Crippen molar-refractivity contribution in [1.29, 1.82) is 0 Å². The van der Waals surface area contributed by atoms with E-state index < -0.39 is 0 Å². The number of hydrogen-bond donors (Lipinski definition) is 0. The number of benzene rings is 2. The van der Waals surface area contributed by atoms with Crippen molar-refractivity contribution in [3.63, 3.8) is 0 Å². The summed E-state index contributed by atoms with van der Waals surface area (Å²) < 4.78 is 22.5. The van der Waals surface area contributed by atoms with Gasteiger partial charge in [0.05, 0.1) is 22.4 Å². The molecule has 1 heterocycles. The second-order valence-corrected chi connectivity index (χ2v) is 7.41. The van der Waals surface area contributed by atoms with Gasteiger partial charge in [-0.3, -0.25) is 4.79 Å². The third-order valence-electron chi connectivity index (χ3n) is 3.61. The Labute approximate surface area is 162 Å². The van der Waals surface area contributed by atoms with Gasteiger partial charge in [-0.05, 0) is 59.8 Å². The molecule has 4 nitrogen and oxygen atoms in total. The Morgan fingerprint density at radius 1 is 1.32 bits per heavy atom. The highest BCUT2D eigenvalue weighted by Crippen LogP contribution is 2.19. The van der Waals surface area contributed by atoms with Crippen molar-refractivity contribution in [2.24, 2.45) is 4.99 Å². The Bertz CT molecular complexity index is 981. The van der Waals surface area contributed by atoms with Gasteiger partial charge in [0.15, 0.2) is 4.80 Å². The van der Waals surface area contributed by atoms with Crippen LogP contribution in [-0.2, 0) is 11.3 Å². The van der Waals surface area contributed by atoms with Crippen LogP contribution >= 0.6 is 33.9 Å². The summed E-state index contributed by atoms with van der Waals surface area (Å²) in [6, 6.07) is 11.9. The number of amides is 1. The first-order valence-electron chi connectivity index (χ1n) is 7.80. The van der Waals surface area contributed by atoms with Crippen LogP contribution in [-0.4, -0.2) is 23.7 Å². The standard InChI is InChI=1S/C18H16FIN2O2S/c1-2-24-10-9-22-15-8-7-12(19)11-16(15)25-18(22)21-17(23)13-5-3-4-6-14(13)20/h3-8,11H,2,9-10H2,1H3. The number of rotatable bonds is 5. The zero-order valence-corrected chi connectivity index (χ0v) is 16.5. The maximum atomic E-state index is 13.5. The Morgan fingerprint density at radius 3 is 2.88 bits per heavy atom. The number of thiazole rings is 1. The quantitative estimate of drug-likeness (QED) is 0.414. The summed E-state index contributed by atoms with van der Waals surface area (Å²) in [7, 11) is 0. The molecule has 0 spiro atoms. The van der Waals surface area contributed by atoms with E-state index in [1.165, 1.54) is 23.5 Å². The first kappa shape index (κ1) is 18.2. The first-order chi connectivity index (χ1) is 12.1. The molecule has 1 amide bonds. The molecule has 1 aromatic heterocycles. The van der Waals surface area contributed by atoms with E-state index in [9.17, 15) is 9.18 Å². The zero-order valence-electron chi connectivity index (χ0n) is 13.5. The minimum atomic E-state index is -0.304. The van der Waals surface area contributed by atoms with Gasteiger partial charge >= 0.3 is 0 Å². The monoisotopic (exact) mass is 470 g/mol. The highest BCUT2D eigenvalue weighted by Gasteiger charge is 2.11. The van der Waals surface area contributed by atoms with Crippen LogP contribution < -0.4 is 4.80 Å². The number of hydrogen-bond acceptors (Lipinski definition) is 3. The van der Waals surface area contributed by atoms with E-state index in [4.69, 9.17) is 4.74 Å². The molecule has 7 heteroatoms. The number of halogens is 2. The summed E-state index contributed by atoms with van der Waals surface area (Å²) >= 11 is 3.42. The zero-order chi connectivity index (χ0) is 17.8. The Balaban J connectivity index is 2.08. The van der Waals surface area contributed by atoms with E-state index in [2.05, 4.69) is 27.6 Å². The molecule has 0 fully saturated rings. The van der Waals surface area contributed by atoms with Crippen molar-refractivity contribution >= 4 is 50.1 Å². The number of carbonyl (C=O) groups excluding carboxylic acids is 1. The molecular formula is C18H16FIN2O2S. The second-order valence-electron chi connectivity index (χ2n) is 5.24. The molecule has 0 aliphatic carbocycles. The van der Waals surface area contributed by atoms with Crippen LogP contribution in [0, 0.1) is 9.39 Å². The van der Waals surface area contributed by atoms with Gasteiger partial charge in [-0.1, -0.05) is 23.5 Å². The summed E-state index contributed by atoms with van der Waals surface area (Å²) in [4.78, 5) is 17.4. The molecule has 0 atom stereocenters. The Kier molecular flexibility index (Phi) is 5.98. The smallest absolute Gasteiger partial charge is 0.280 e. The largest absolute Gasteiger partial charge is 0.380 e. The number of aromatic nitrogens is 1. The number of nitrogens with zero attached hydrogens (tertiary/aromatic N) is 2. The minimum absolute atomic E-state index is 0.304. The molecule has 0 aliphatic heterocycles. The molecule has 3 rings (SSSR count). The summed E-state index contributed by atoms with van der Waals surface area (Å²) in [5.41, 5.74) is 1.41. The molecule has 0 aliphatic rings. The molecule has 0 radical (unpaired) electrons. The predicted molar refractivity (Wildman–Crippen MR) is 105 cm³/mol. The molecule has 130 valence electrons. The second kappa shape index (κ2) is 8.20. The lowest BCUT2D eigenvalue weighted by atomic mass is 10.2. The van der Waals surface area contributed by atoms with Crippen molar-refractivity contribution in [1.82, 2.24) is 4.57 Å². The summed E-state index contributed by atoms with van der Waals surface area (Å²) in [5.74, 6) is -0.608. The van der Waals surface area contributed by atoms with Gasteiger partial charge < -0.3 is 9.30 Å². The molecule has 3 aromatic rings. The predicted octanol–water partition coefficient (Wildman–Crippen LogP) is 4.22. The van der Waals surface area contributed by atoms with Crippen molar-refractivity contribution in [3.8, 4) is 0 Å². The third-order valence-corrected chi connectivity index (χ3v) is 5.59. The van der Waals surface area contributed by atoms with Crippen LogP contribution in [0.1, 0.15) is 17.3 Å². The van der Waals surface area contributed by atoms with E-state index in [-0.39, 0.29) is 11.7 Å². The van der Waals surface area contributed by atoms with Gasteiger partial charge in [0.25, 0.3) is 5.91 Å². The molecule has 2 aromatic carbocycles. The topological polar surface area (TPSA) is 43.6 Å². The maximum absolute atomic E-state index is 13.5. The van der Waals surface area contributed by atoms with Crippen LogP contribution in [0.3, 0.4) is 0 Å². The lowest BCUT2D eigenvalue weighted by Crippen LogP contribution is -2.20. The molecule has 0 saturated carbocycles. The van der Waals surface area contributed by atoms with Crippen LogP contribution in [0.15, 0.2) is 47.5 Å². The van der Waals surface area contributed by atoms with E-state index in [1.807, 2.05) is 29.7 Å². The summed E-state index contributed by atoms with van der Waals surface area (Å²) in [6.07, 6.45) is 0. The lowest BCUT2D eigenvalue weighted by molar-refractivity contribution is 0.0996. The van der Waals surface area contributed by atoms with Crippen LogP contribution in [0.4, 0.5) is 4.39 Å². The highest BCUT2D eigenvalue weighted by molar-refractivity contribution is 14.1. The highest BCUT2D eigenvalue weighted by atomic mass is 127. The van der Waals surface area contributed by atoms with Gasteiger partial charge in [-0.2, -0.15) is 4.99 Å². The summed E-state index contributed by atoms with van der Waals surface area (Å²) in [5, 5.41) is 0. The molecule has 0 saturated heterocycles. The number of fused-ring (bicyclic) bond motifs is 1. The van der Waals surface area contributed by atoms with Crippen molar-refractivity contribution < 1.29 is 13.9 Å². The van der Waals surface area contributed by atoms with E-state index >= 15 is 0 Å². The van der Waals surface area contributed by atoms with Crippen LogP contribution in [0.2, 0.25) is 0 Å². The number of ether oxygens (including phenoxy) is 1. The molecular weight excluding hydrogens is 454 g/mol. The SMILES string of the molecule is CCOCCn1c(=NC(=O)c2ccccc2I)sc2cc(F)ccc21. The van der Waals surface area contributed by atoms with Gasteiger partial charge in [0.1, 0.15) is 5.82 Å². The van der Waals surface area contributed by atoms with Crippen LogP contribution in [0.5, 0.6) is 0 Å². The number of carbonyl (C=O) groups is 1. The van der Waals surface area contributed by atoms with E-state index in [1.54, 1.807) is 12.1 Å². The Morgan fingerprint density at radius 2 is 2.12 bits per heavy atom. The lowest BCUT2D eigenvalue weighted by Gasteiger charge is -2.05. The fraction of sp³-hybridized carbons (Fsp3) is 0.222. The van der Waals surface area contributed by atoms with Gasteiger partial charge in [0.2, 0.25) is 0 Å². The Hall–Kier alpha value is -1.58. The van der Waals surface area contributed by atoms with Gasteiger partial charge in [0, 0.05) is 16.7 Å². The van der Waals surface area contributed by atoms with E-state index in [0.29, 0.717) is 30.1 Å². The minimum Gasteiger partial charge on any atom is -0.380 e. The molecule has 0 N–H and O–H groups in total. The fourth-order valence-electron chi connectivity index (χ4n) is 2.43. The molecule has 0 bridgehead atoms. The fourth-order valence-corrected chi connectivity index (χ4v) is 4.13. The average molecular weight is 470 g/mol. The summed E-state index contributed by atoms with van der Waals surface area (Å²) in [6.45, 7) is 3.60. The van der Waals surface area contributed by atoms with Gasteiger partial charge in [-0.25, -0.2) is 4.39 Å². The normalized spacial score (nSPS) is 12.0. The van der Waals surface area contributed by atoms with E-state index in [0.717, 1.165) is 13.8 Å². The maximum Gasteiger partial charge on any atom is 0.280 e. The average Bonchev–Trinajstić information content (AvgIpc) is 2.92. The van der Waals surface area contributed by atoms with Crippen molar-refractivity contribution in [2.45, 2.75) is 13.5 Å². The van der Waals surface area contributed by atoms with Crippen LogP contribution in [0.25, 0.3) is 10.2 Å².